The summed E-state index contributed by atoms with van der Waals surface area (Å²) < 4.78 is 39.8. The largest absolute Gasteiger partial charge is 0.497 e. The van der Waals surface area contributed by atoms with Crippen molar-refractivity contribution in [2.45, 2.75) is 30.3 Å². The van der Waals surface area contributed by atoms with Gasteiger partial charge in [0.05, 0.1) is 24.7 Å². The number of hydrogen-bond acceptors (Lipinski definition) is 6. The molecule has 1 saturated carbocycles. The molecule has 0 radical (unpaired) electrons. The Morgan fingerprint density at radius 2 is 2.17 bits per heavy atom. The molecule has 126 valence electrons. The predicted octanol–water partition coefficient (Wildman–Crippen LogP) is 2.56. The van der Waals surface area contributed by atoms with Gasteiger partial charge in [-0.15, -0.1) is 0 Å². The van der Waals surface area contributed by atoms with Crippen LogP contribution in [0.1, 0.15) is 25.3 Å². The summed E-state index contributed by atoms with van der Waals surface area (Å²) in [5, 5.41) is 8.68. The first-order valence-electron chi connectivity index (χ1n) is 7.58. The molecule has 2 aromatic heterocycles. The Morgan fingerprint density at radius 1 is 1.33 bits per heavy atom. The average molecular weight is 348 g/mol. The quantitative estimate of drug-likeness (QED) is 0.761. The summed E-state index contributed by atoms with van der Waals surface area (Å²) in [5.41, 5.74) is 0.444. The third-order valence-electron chi connectivity index (χ3n) is 4.24. The second kappa shape index (κ2) is 5.52. The number of sulfonamides is 1. The number of aromatic nitrogens is 3. The number of nitrogens with zero attached hydrogens (tertiary/aromatic N) is 3. The molecule has 0 aliphatic heterocycles. The lowest BCUT2D eigenvalue weighted by Gasteiger charge is -2.27. The van der Waals surface area contributed by atoms with Gasteiger partial charge >= 0.3 is 0 Å². The Hall–Kier alpha value is -2.55. The second-order valence-corrected chi connectivity index (χ2v) is 7.33. The SMILES string of the molecule is COc1ccc2c(NS(=O)(=O)c3ccnn3C3CCC3)noc2c1. The van der Waals surface area contributed by atoms with Crippen molar-refractivity contribution in [3.05, 3.63) is 30.5 Å². The predicted molar refractivity (Wildman–Crippen MR) is 86.5 cm³/mol. The maximum atomic E-state index is 12.7. The molecule has 1 aromatic carbocycles. The Labute approximate surface area is 138 Å². The van der Waals surface area contributed by atoms with Crippen molar-refractivity contribution in [3.8, 4) is 5.75 Å². The number of hydrogen-bond donors (Lipinski definition) is 1. The zero-order valence-corrected chi connectivity index (χ0v) is 13.8. The van der Waals surface area contributed by atoms with Crippen molar-refractivity contribution in [2.75, 3.05) is 11.8 Å². The Kier molecular flexibility index (Phi) is 3.45. The summed E-state index contributed by atoms with van der Waals surface area (Å²) in [7, 11) is -2.26. The van der Waals surface area contributed by atoms with Gasteiger partial charge in [-0.2, -0.15) is 13.5 Å². The first-order valence-corrected chi connectivity index (χ1v) is 9.06. The number of methoxy groups -OCH3 is 1. The lowest BCUT2D eigenvalue weighted by atomic mass is 9.93. The van der Waals surface area contributed by atoms with Crippen molar-refractivity contribution in [2.24, 2.45) is 0 Å². The van der Waals surface area contributed by atoms with Crippen LogP contribution in [-0.4, -0.2) is 30.5 Å². The van der Waals surface area contributed by atoms with Crippen LogP contribution in [0.15, 0.2) is 40.0 Å². The third kappa shape index (κ3) is 2.41. The standard InChI is InChI=1S/C15H16N4O4S/c1-22-11-5-6-12-13(9-11)23-17-15(12)18-24(20,21)14-7-8-16-19(14)10-3-2-4-10/h5-10H,2-4H2,1H3,(H,17,18). The van der Waals surface area contributed by atoms with Gasteiger partial charge in [0.15, 0.2) is 16.4 Å². The van der Waals surface area contributed by atoms with E-state index in [1.54, 1.807) is 30.0 Å². The van der Waals surface area contributed by atoms with Crippen LogP contribution in [0.5, 0.6) is 5.75 Å². The molecule has 0 bridgehead atoms. The molecule has 0 spiro atoms. The van der Waals surface area contributed by atoms with Crippen molar-refractivity contribution >= 4 is 26.8 Å². The molecule has 1 N–H and O–H groups in total. The topological polar surface area (TPSA) is 99.2 Å². The van der Waals surface area contributed by atoms with Crippen molar-refractivity contribution in [3.63, 3.8) is 0 Å². The van der Waals surface area contributed by atoms with E-state index in [-0.39, 0.29) is 16.9 Å². The first-order chi connectivity index (χ1) is 11.6. The zero-order chi connectivity index (χ0) is 16.7. The van der Waals surface area contributed by atoms with Crippen LogP contribution in [0, 0.1) is 0 Å². The Balaban J connectivity index is 1.68. The molecule has 24 heavy (non-hydrogen) atoms. The van der Waals surface area contributed by atoms with Gasteiger partial charge < -0.3 is 9.26 Å². The number of fused-ring (bicyclic) bond motifs is 1. The molecule has 0 atom stereocenters. The van der Waals surface area contributed by atoms with Crippen molar-refractivity contribution in [1.29, 1.82) is 0 Å². The minimum absolute atomic E-state index is 0.136. The minimum Gasteiger partial charge on any atom is -0.497 e. The summed E-state index contributed by atoms with van der Waals surface area (Å²) in [6.07, 6.45) is 4.47. The fraction of sp³-hybridized carbons (Fsp3) is 0.333. The minimum atomic E-state index is -3.80. The summed E-state index contributed by atoms with van der Waals surface area (Å²) in [6.45, 7) is 0. The molecule has 9 heteroatoms. The second-order valence-electron chi connectivity index (χ2n) is 5.70. The summed E-state index contributed by atoms with van der Waals surface area (Å²) >= 11 is 0. The lowest BCUT2D eigenvalue weighted by molar-refractivity contribution is 0.271. The summed E-state index contributed by atoms with van der Waals surface area (Å²) in [6, 6.07) is 6.71. The summed E-state index contributed by atoms with van der Waals surface area (Å²) in [4.78, 5) is 0. The van der Waals surface area contributed by atoms with Crippen LogP contribution in [-0.2, 0) is 10.0 Å². The monoisotopic (exact) mass is 348 g/mol. The molecule has 4 rings (SSSR count). The van der Waals surface area contributed by atoms with Crippen LogP contribution >= 0.6 is 0 Å². The van der Waals surface area contributed by atoms with Gasteiger partial charge in [-0.1, -0.05) is 5.16 Å². The van der Waals surface area contributed by atoms with E-state index in [1.165, 1.54) is 12.3 Å². The van der Waals surface area contributed by atoms with E-state index in [4.69, 9.17) is 9.26 Å². The van der Waals surface area contributed by atoms with Crippen molar-refractivity contribution in [1.82, 2.24) is 14.9 Å². The van der Waals surface area contributed by atoms with Crippen molar-refractivity contribution < 1.29 is 17.7 Å². The van der Waals surface area contributed by atoms with Gasteiger partial charge in [-0.3, -0.25) is 4.72 Å². The molecule has 0 saturated heterocycles. The van der Waals surface area contributed by atoms with Crippen LogP contribution in [0.4, 0.5) is 5.82 Å². The van der Waals surface area contributed by atoms with Gasteiger partial charge in [-0.25, -0.2) is 4.68 Å². The number of anilines is 1. The van der Waals surface area contributed by atoms with Crippen LogP contribution in [0.25, 0.3) is 11.0 Å². The molecule has 3 aromatic rings. The van der Waals surface area contributed by atoms with Gasteiger partial charge in [0.1, 0.15) is 5.75 Å². The van der Waals surface area contributed by atoms with Gasteiger partial charge in [0, 0.05) is 6.07 Å². The van der Waals surface area contributed by atoms with Gasteiger partial charge in [0.2, 0.25) is 0 Å². The normalized spacial score (nSPS) is 15.4. The smallest absolute Gasteiger partial charge is 0.280 e. The van der Waals surface area contributed by atoms with Gasteiger partial charge in [0.25, 0.3) is 10.0 Å². The number of nitrogens with one attached hydrogen (secondary N) is 1. The molecule has 2 heterocycles. The van der Waals surface area contributed by atoms with E-state index in [9.17, 15) is 8.42 Å². The zero-order valence-electron chi connectivity index (χ0n) is 13.0. The van der Waals surface area contributed by atoms with E-state index < -0.39 is 10.0 Å². The molecular weight excluding hydrogens is 332 g/mol. The maximum absolute atomic E-state index is 12.7. The van der Waals surface area contributed by atoms with E-state index in [0.29, 0.717) is 16.7 Å². The molecule has 8 nitrogen and oxygen atoms in total. The molecule has 0 amide bonds. The van der Waals surface area contributed by atoms with Crippen LogP contribution in [0.2, 0.25) is 0 Å². The molecule has 1 fully saturated rings. The highest BCUT2D eigenvalue weighted by Crippen LogP contribution is 2.34. The number of benzene rings is 1. The fourth-order valence-corrected chi connectivity index (χ4v) is 3.91. The van der Waals surface area contributed by atoms with E-state index in [1.807, 2.05) is 0 Å². The summed E-state index contributed by atoms with van der Waals surface area (Å²) in [5.74, 6) is 0.755. The Morgan fingerprint density at radius 3 is 2.88 bits per heavy atom. The maximum Gasteiger partial charge on any atom is 0.280 e. The third-order valence-corrected chi connectivity index (χ3v) is 5.58. The fourth-order valence-electron chi connectivity index (χ4n) is 2.72. The van der Waals surface area contributed by atoms with Gasteiger partial charge in [-0.05, 0) is 37.5 Å². The molecule has 1 aliphatic rings. The van der Waals surface area contributed by atoms with E-state index >= 15 is 0 Å². The van der Waals surface area contributed by atoms with E-state index in [0.717, 1.165) is 19.3 Å². The highest BCUT2D eigenvalue weighted by Gasteiger charge is 2.28. The lowest BCUT2D eigenvalue weighted by Crippen LogP contribution is -2.24. The number of rotatable bonds is 5. The number of ether oxygens (including phenoxy) is 1. The van der Waals surface area contributed by atoms with Crippen LogP contribution < -0.4 is 9.46 Å². The average Bonchev–Trinajstić information content (AvgIpc) is 3.13. The molecule has 0 unspecified atom stereocenters. The molecular formula is C15H16N4O4S. The molecule has 1 aliphatic carbocycles. The first kappa shape index (κ1) is 15.0. The highest BCUT2D eigenvalue weighted by atomic mass is 32.2. The highest BCUT2D eigenvalue weighted by molar-refractivity contribution is 7.92. The van der Waals surface area contributed by atoms with E-state index in [2.05, 4.69) is 15.0 Å². The van der Waals surface area contributed by atoms with Crippen LogP contribution in [0.3, 0.4) is 0 Å². The Bertz CT molecular complexity index is 988.